The highest BCUT2D eigenvalue weighted by Gasteiger charge is 2.32. The summed E-state index contributed by atoms with van der Waals surface area (Å²) in [6.07, 6.45) is 5.96. The summed E-state index contributed by atoms with van der Waals surface area (Å²) in [5.41, 5.74) is 0.618. The third kappa shape index (κ3) is 2.54. The van der Waals surface area contributed by atoms with Crippen molar-refractivity contribution in [3.05, 3.63) is 28.5 Å². The maximum atomic E-state index is 12.1. The molecule has 0 saturated carbocycles. The van der Waals surface area contributed by atoms with E-state index in [4.69, 9.17) is 16.7 Å². The van der Waals surface area contributed by atoms with Crippen LogP contribution in [0.1, 0.15) is 18.5 Å². The van der Waals surface area contributed by atoms with Gasteiger partial charge in [0.1, 0.15) is 6.04 Å². The molecule has 0 aromatic carbocycles. The Kier molecular flexibility index (Phi) is 3.69. The predicted octanol–water partition coefficient (Wildman–Crippen LogP) is 2.14. The summed E-state index contributed by atoms with van der Waals surface area (Å²) in [6, 6.07) is -0.732. The van der Waals surface area contributed by atoms with Crippen molar-refractivity contribution in [1.82, 2.24) is 14.3 Å². The number of hydrogen-bond donors (Lipinski definition) is 1. The van der Waals surface area contributed by atoms with Gasteiger partial charge in [0, 0.05) is 24.2 Å². The first-order valence-electron chi connectivity index (χ1n) is 6.40. The number of rotatable bonds is 3. The molecular weight excluding hydrogens is 314 g/mol. The first-order chi connectivity index (χ1) is 10.1. The number of carbonyl (C=O) groups is 2. The zero-order chi connectivity index (χ0) is 15.0. The van der Waals surface area contributed by atoms with Gasteiger partial charge in [0.2, 0.25) is 5.91 Å². The smallest absolute Gasteiger partial charge is 0.326 e. The summed E-state index contributed by atoms with van der Waals surface area (Å²) >= 11 is 7.48. The molecule has 1 saturated heterocycles. The average Bonchev–Trinajstić information content (AvgIpc) is 3.11. The number of carboxylic acids is 1. The van der Waals surface area contributed by atoms with Crippen molar-refractivity contribution in [2.24, 2.45) is 0 Å². The van der Waals surface area contributed by atoms with Gasteiger partial charge in [-0.2, -0.15) is 0 Å². The van der Waals surface area contributed by atoms with E-state index in [0.29, 0.717) is 30.2 Å². The fourth-order valence-corrected chi connectivity index (χ4v) is 3.46. The van der Waals surface area contributed by atoms with Gasteiger partial charge < -0.3 is 10.0 Å². The molecule has 0 aliphatic carbocycles. The van der Waals surface area contributed by atoms with E-state index in [0.717, 1.165) is 4.96 Å². The van der Waals surface area contributed by atoms with E-state index in [1.165, 1.54) is 22.3 Å². The number of aromatic nitrogens is 2. The Morgan fingerprint density at radius 3 is 3.10 bits per heavy atom. The second-order valence-electron chi connectivity index (χ2n) is 4.70. The Labute approximate surface area is 129 Å². The summed E-state index contributed by atoms with van der Waals surface area (Å²) in [7, 11) is 0. The number of likely N-dealkylation sites (tertiary alicyclic amines) is 1. The Morgan fingerprint density at radius 2 is 2.33 bits per heavy atom. The molecular formula is C13H12ClN3O3S. The Morgan fingerprint density at radius 1 is 1.52 bits per heavy atom. The minimum atomic E-state index is -0.961. The molecule has 0 bridgehead atoms. The standard InChI is InChI=1S/C13H12ClN3O3S/c14-11-8(17-6-7-21-13(17)15-11)3-4-10(18)16-5-1-2-9(16)12(19)20/h3-4,6-7,9H,1-2,5H2,(H,19,20)/b4-3+/t9-/m0/s1. The largest absolute Gasteiger partial charge is 0.480 e. The topological polar surface area (TPSA) is 74.9 Å². The average molecular weight is 326 g/mol. The van der Waals surface area contributed by atoms with Crippen LogP contribution in [0, 0.1) is 0 Å². The van der Waals surface area contributed by atoms with Crippen LogP contribution in [0.5, 0.6) is 0 Å². The lowest BCUT2D eigenvalue weighted by molar-refractivity contribution is -0.146. The number of imidazole rings is 1. The minimum Gasteiger partial charge on any atom is -0.480 e. The normalized spacial score (nSPS) is 18.9. The number of thiazole rings is 1. The van der Waals surface area contributed by atoms with Crippen molar-refractivity contribution in [2.45, 2.75) is 18.9 Å². The molecule has 1 amide bonds. The highest BCUT2D eigenvalue weighted by molar-refractivity contribution is 7.15. The van der Waals surface area contributed by atoms with E-state index in [1.54, 1.807) is 10.5 Å². The molecule has 1 N–H and O–H groups in total. The van der Waals surface area contributed by atoms with Crippen molar-refractivity contribution in [2.75, 3.05) is 6.54 Å². The molecule has 3 rings (SSSR count). The van der Waals surface area contributed by atoms with E-state index in [2.05, 4.69) is 4.98 Å². The van der Waals surface area contributed by atoms with E-state index < -0.39 is 12.0 Å². The van der Waals surface area contributed by atoms with Crippen LogP contribution in [0.15, 0.2) is 17.7 Å². The lowest BCUT2D eigenvalue weighted by atomic mass is 10.2. The van der Waals surface area contributed by atoms with Gasteiger partial charge in [0.05, 0.1) is 5.69 Å². The minimum absolute atomic E-state index is 0.318. The van der Waals surface area contributed by atoms with Crippen molar-refractivity contribution in [3.8, 4) is 0 Å². The number of halogens is 1. The zero-order valence-electron chi connectivity index (χ0n) is 10.9. The quantitative estimate of drug-likeness (QED) is 0.877. The second kappa shape index (κ2) is 5.50. The maximum Gasteiger partial charge on any atom is 0.326 e. The monoisotopic (exact) mass is 325 g/mol. The van der Waals surface area contributed by atoms with E-state index in [1.807, 2.05) is 11.6 Å². The van der Waals surface area contributed by atoms with Gasteiger partial charge in [-0.25, -0.2) is 9.78 Å². The van der Waals surface area contributed by atoms with Crippen LogP contribution in [-0.2, 0) is 9.59 Å². The molecule has 0 spiro atoms. The SMILES string of the molecule is O=C(O)[C@@H]1CCCN1C(=O)/C=C/c1c(Cl)nc2sccn12. The van der Waals surface area contributed by atoms with Gasteiger partial charge in [0.25, 0.3) is 0 Å². The Hall–Kier alpha value is -1.86. The van der Waals surface area contributed by atoms with E-state index in [9.17, 15) is 9.59 Å². The van der Waals surface area contributed by atoms with Gasteiger partial charge >= 0.3 is 5.97 Å². The molecule has 1 aliphatic heterocycles. The number of carbonyl (C=O) groups excluding carboxylic acids is 1. The van der Waals surface area contributed by atoms with Crippen molar-refractivity contribution in [3.63, 3.8) is 0 Å². The van der Waals surface area contributed by atoms with E-state index >= 15 is 0 Å². The molecule has 110 valence electrons. The van der Waals surface area contributed by atoms with Crippen LogP contribution in [0.3, 0.4) is 0 Å². The lowest BCUT2D eigenvalue weighted by Crippen LogP contribution is -2.39. The van der Waals surface area contributed by atoms with Crippen LogP contribution >= 0.6 is 22.9 Å². The molecule has 21 heavy (non-hydrogen) atoms. The van der Waals surface area contributed by atoms with Crippen LogP contribution < -0.4 is 0 Å². The zero-order valence-corrected chi connectivity index (χ0v) is 12.5. The number of amides is 1. The molecule has 2 aromatic rings. The number of fused-ring (bicyclic) bond motifs is 1. The fraction of sp³-hybridized carbons (Fsp3) is 0.308. The molecule has 0 radical (unpaired) electrons. The molecule has 1 atom stereocenters. The fourth-order valence-electron chi connectivity index (χ4n) is 2.46. The molecule has 1 fully saturated rings. The van der Waals surface area contributed by atoms with Crippen molar-refractivity contribution in [1.29, 1.82) is 0 Å². The maximum absolute atomic E-state index is 12.1. The van der Waals surface area contributed by atoms with Crippen LogP contribution in [0.25, 0.3) is 11.0 Å². The van der Waals surface area contributed by atoms with Crippen molar-refractivity contribution < 1.29 is 14.7 Å². The van der Waals surface area contributed by atoms with Gasteiger partial charge in [-0.1, -0.05) is 11.6 Å². The summed E-state index contributed by atoms with van der Waals surface area (Å²) < 4.78 is 1.79. The first kappa shape index (κ1) is 14.1. The summed E-state index contributed by atoms with van der Waals surface area (Å²) in [4.78, 5) is 29.5. The molecule has 6 nitrogen and oxygen atoms in total. The molecule has 0 unspecified atom stereocenters. The van der Waals surface area contributed by atoms with Gasteiger partial charge in [-0.05, 0) is 18.9 Å². The van der Waals surface area contributed by atoms with Crippen LogP contribution in [0.4, 0.5) is 0 Å². The third-order valence-electron chi connectivity index (χ3n) is 3.46. The van der Waals surface area contributed by atoms with Gasteiger partial charge in [0.15, 0.2) is 10.1 Å². The summed E-state index contributed by atoms with van der Waals surface area (Å²) in [6.45, 7) is 0.466. The lowest BCUT2D eigenvalue weighted by Gasteiger charge is -2.19. The molecule has 2 aromatic heterocycles. The Balaban J connectivity index is 1.82. The molecule has 1 aliphatic rings. The highest BCUT2D eigenvalue weighted by Crippen LogP contribution is 2.23. The second-order valence-corrected chi connectivity index (χ2v) is 5.94. The number of aliphatic carboxylic acids is 1. The van der Waals surface area contributed by atoms with Gasteiger partial charge in [-0.3, -0.25) is 9.20 Å². The molecule has 3 heterocycles. The Bertz CT molecular complexity index is 736. The predicted molar refractivity (Wildman–Crippen MR) is 79.5 cm³/mol. The first-order valence-corrected chi connectivity index (χ1v) is 7.66. The van der Waals surface area contributed by atoms with Crippen molar-refractivity contribution >= 4 is 45.9 Å². The molecule has 8 heteroatoms. The van der Waals surface area contributed by atoms with Crippen LogP contribution in [-0.4, -0.2) is 43.9 Å². The third-order valence-corrected chi connectivity index (χ3v) is 4.49. The van der Waals surface area contributed by atoms with Gasteiger partial charge in [-0.15, -0.1) is 11.3 Å². The summed E-state index contributed by atoms with van der Waals surface area (Å²) in [5, 5.41) is 11.3. The highest BCUT2D eigenvalue weighted by atomic mass is 35.5. The number of hydrogen-bond acceptors (Lipinski definition) is 4. The number of nitrogens with zero attached hydrogens (tertiary/aromatic N) is 3. The summed E-state index contributed by atoms with van der Waals surface area (Å²) in [5.74, 6) is -1.28. The van der Waals surface area contributed by atoms with Crippen LogP contribution in [0.2, 0.25) is 5.15 Å². The van der Waals surface area contributed by atoms with E-state index in [-0.39, 0.29) is 5.91 Å². The number of carboxylic acid groups (broad SMARTS) is 1.